The summed E-state index contributed by atoms with van der Waals surface area (Å²) in [7, 11) is 0. The molecule has 2 rings (SSSR count). The molecular weight excluding hydrogens is 274 g/mol. The summed E-state index contributed by atoms with van der Waals surface area (Å²) >= 11 is 0. The maximum atomic E-state index is 11.8. The van der Waals surface area contributed by atoms with Crippen LogP contribution in [0.4, 0.5) is 10.5 Å². The second-order valence-corrected chi connectivity index (χ2v) is 4.68. The highest BCUT2D eigenvalue weighted by Crippen LogP contribution is 2.17. The van der Waals surface area contributed by atoms with E-state index in [1.807, 2.05) is 0 Å². The number of hydrogen-bond acceptors (Lipinski definition) is 3. The Morgan fingerprint density at radius 3 is 2.57 bits per heavy atom. The summed E-state index contributed by atoms with van der Waals surface area (Å²) in [6.07, 6.45) is 0.427. The zero-order valence-electron chi connectivity index (χ0n) is 11.5. The van der Waals surface area contributed by atoms with Gasteiger partial charge in [0.25, 0.3) is 5.91 Å². The molecule has 112 valence electrons. The van der Waals surface area contributed by atoms with Crippen molar-refractivity contribution in [2.24, 2.45) is 0 Å². The lowest BCUT2D eigenvalue weighted by Crippen LogP contribution is -2.28. The maximum absolute atomic E-state index is 11.8. The van der Waals surface area contributed by atoms with Crippen LogP contribution in [0.5, 0.6) is 0 Å². The summed E-state index contributed by atoms with van der Waals surface area (Å²) in [5.74, 6) is -1.13. The lowest BCUT2D eigenvalue weighted by Gasteiger charge is -2.14. The molecule has 1 aliphatic heterocycles. The summed E-state index contributed by atoms with van der Waals surface area (Å²) in [5, 5.41) is 13.9. The monoisotopic (exact) mass is 291 g/mol. The average molecular weight is 291 g/mol. The largest absolute Gasteiger partial charge is 0.481 e. The zero-order valence-corrected chi connectivity index (χ0v) is 11.5. The smallest absolute Gasteiger partial charge is 0.321 e. The van der Waals surface area contributed by atoms with E-state index in [0.29, 0.717) is 31.6 Å². The van der Waals surface area contributed by atoms with Crippen LogP contribution >= 0.6 is 0 Å². The molecule has 1 heterocycles. The molecule has 1 aromatic carbocycles. The second-order valence-electron chi connectivity index (χ2n) is 4.68. The first-order chi connectivity index (χ1) is 10.1. The normalized spacial score (nSPS) is 13.9. The molecule has 7 heteroatoms. The lowest BCUT2D eigenvalue weighted by atomic mass is 10.2. The summed E-state index contributed by atoms with van der Waals surface area (Å²) in [5.41, 5.74) is 1.22. The van der Waals surface area contributed by atoms with Gasteiger partial charge in [0.2, 0.25) is 0 Å². The number of carboxylic acid groups (broad SMARTS) is 1. The second kappa shape index (κ2) is 6.74. The predicted octanol–water partition coefficient (Wildman–Crippen LogP) is 0.811. The van der Waals surface area contributed by atoms with Gasteiger partial charge < -0.3 is 15.7 Å². The Morgan fingerprint density at radius 2 is 2.00 bits per heavy atom. The first-order valence-corrected chi connectivity index (χ1v) is 6.73. The molecule has 0 aliphatic carbocycles. The first-order valence-electron chi connectivity index (χ1n) is 6.73. The van der Waals surface area contributed by atoms with Crippen LogP contribution in [0.3, 0.4) is 0 Å². The van der Waals surface area contributed by atoms with Gasteiger partial charge in [0, 0.05) is 37.3 Å². The van der Waals surface area contributed by atoms with Gasteiger partial charge in [-0.1, -0.05) is 0 Å². The fourth-order valence-corrected chi connectivity index (χ4v) is 2.05. The molecule has 3 amide bonds. The molecule has 0 radical (unpaired) electrons. The van der Waals surface area contributed by atoms with Crippen LogP contribution in [0.2, 0.25) is 0 Å². The van der Waals surface area contributed by atoms with Crippen LogP contribution in [-0.4, -0.2) is 42.6 Å². The molecule has 0 spiro atoms. The minimum atomic E-state index is -0.877. The summed E-state index contributed by atoms with van der Waals surface area (Å²) in [6, 6.07) is 6.59. The number of carboxylic acids is 1. The van der Waals surface area contributed by atoms with Crippen molar-refractivity contribution in [2.75, 3.05) is 24.5 Å². The molecule has 0 unspecified atom stereocenters. The van der Waals surface area contributed by atoms with Gasteiger partial charge >= 0.3 is 12.0 Å². The van der Waals surface area contributed by atoms with E-state index < -0.39 is 5.97 Å². The first kappa shape index (κ1) is 14.8. The van der Waals surface area contributed by atoms with Crippen molar-refractivity contribution in [3.05, 3.63) is 29.8 Å². The van der Waals surface area contributed by atoms with Crippen molar-refractivity contribution in [1.82, 2.24) is 10.6 Å². The number of anilines is 1. The third-order valence-corrected chi connectivity index (χ3v) is 3.15. The highest BCUT2D eigenvalue weighted by molar-refractivity contribution is 5.97. The van der Waals surface area contributed by atoms with Gasteiger partial charge in [0.05, 0.1) is 0 Å². The van der Waals surface area contributed by atoms with Gasteiger partial charge in [-0.3, -0.25) is 14.5 Å². The van der Waals surface area contributed by atoms with Crippen LogP contribution in [0.1, 0.15) is 23.2 Å². The van der Waals surface area contributed by atoms with Crippen molar-refractivity contribution < 1.29 is 19.5 Å². The fraction of sp³-hybridized carbons (Fsp3) is 0.357. The van der Waals surface area contributed by atoms with E-state index in [9.17, 15) is 14.4 Å². The molecule has 0 saturated carbocycles. The van der Waals surface area contributed by atoms with E-state index in [-0.39, 0.29) is 18.4 Å². The summed E-state index contributed by atoms with van der Waals surface area (Å²) in [4.78, 5) is 35.3. The number of rotatable bonds is 6. The number of carbonyl (C=O) groups excluding carboxylic acids is 2. The predicted molar refractivity (Wildman–Crippen MR) is 76.4 cm³/mol. The van der Waals surface area contributed by atoms with Gasteiger partial charge in [-0.05, 0) is 30.7 Å². The molecule has 1 aliphatic rings. The number of nitrogens with zero attached hydrogens (tertiary/aromatic N) is 1. The number of carbonyl (C=O) groups is 3. The van der Waals surface area contributed by atoms with Crippen LogP contribution in [0.25, 0.3) is 0 Å². The molecule has 1 saturated heterocycles. The molecule has 0 aromatic heterocycles. The van der Waals surface area contributed by atoms with Crippen molar-refractivity contribution >= 4 is 23.6 Å². The Hall–Kier alpha value is -2.57. The van der Waals surface area contributed by atoms with Gasteiger partial charge in [-0.25, -0.2) is 4.79 Å². The minimum Gasteiger partial charge on any atom is -0.481 e. The Kier molecular flexibility index (Phi) is 4.76. The van der Waals surface area contributed by atoms with Crippen molar-refractivity contribution in [3.8, 4) is 0 Å². The highest BCUT2D eigenvalue weighted by atomic mass is 16.4. The van der Waals surface area contributed by atoms with Crippen molar-refractivity contribution in [1.29, 1.82) is 0 Å². The summed E-state index contributed by atoms with van der Waals surface area (Å²) < 4.78 is 0. The van der Waals surface area contributed by atoms with Gasteiger partial charge in [0.1, 0.15) is 0 Å². The Balaban J connectivity index is 1.88. The molecule has 0 bridgehead atoms. The highest BCUT2D eigenvalue weighted by Gasteiger charge is 2.21. The molecular formula is C14H17N3O4. The van der Waals surface area contributed by atoms with E-state index in [1.54, 1.807) is 29.2 Å². The van der Waals surface area contributed by atoms with Crippen LogP contribution in [0, 0.1) is 0 Å². The van der Waals surface area contributed by atoms with Crippen LogP contribution in [0.15, 0.2) is 24.3 Å². The Bertz CT molecular complexity index is 542. The molecule has 1 aromatic rings. The number of urea groups is 1. The van der Waals surface area contributed by atoms with Gasteiger partial charge in [0.15, 0.2) is 0 Å². The number of benzene rings is 1. The third kappa shape index (κ3) is 3.95. The number of amides is 3. The summed E-state index contributed by atoms with van der Waals surface area (Å²) in [6.45, 7) is 1.55. The molecule has 21 heavy (non-hydrogen) atoms. The molecule has 1 fully saturated rings. The third-order valence-electron chi connectivity index (χ3n) is 3.15. The van der Waals surface area contributed by atoms with Crippen LogP contribution < -0.4 is 15.5 Å². The van der Waals surface area contributed by atoms with E-state index in [4.69, 9.17) is 5.11 Å². The fourth-order valence-electron chi connectivity index (χ4n) is 2.05. The van der Waals surface area contributed by atoms with Crippen molar-refractivity contribution in [3.63, 3.8) is 0 Å². The topological polar surface area (TPSA) is 98.7 Å². The standard InChI is InChI=1S/C14H17N3O4/c18-12(19)2-1-7-15-13(20)10-3-5-11(6-4-10)17-9-8-16-14(17)21/h3-6H,1-2,7-9H2,(H,15,20)(H,16,21)(H,18,19). The maximum Gasteiger partial charge on any atom is 0.321 e. The zero-order chi connectivity index (χ0) is 15.2. The average Bonchev–Trinajstić information content (AvgIpc) is 2.89. The molecule has 3 N–H and O–H groups in total. The van der Waals surface area contributed by atoms with Crippen LogP contribution in [-0.2, 0) is 4.79 Å². The number of aliphatic carboxylic acids is 1. The lowest BCUT2D eigenvalue weighted by molar-refractivity contribution is -0.137. The van der Waals surface area contributed by atoms with Gasteiger partial charge in [-0.15, -0.1) is 0 Å². The van der Waals surface area contributed by atoms with E-state index >= 15 is 0 Å². The Labute approximate surface area is 121 Å². The van der Waals surface area contributed by atoms with Crippen molar-refractivity contribution in [2.45, 2.75) is 12.8 Å². The quantitative estimate of drug-likeness (QED) is 0.675. The Morgan fingerprint density at radius 1 is 1.29 bits per heavy atom. The van der Waals surface area contributed by atoms with E-state index in [1.165, 1.54) is 0 Å². The van der Waals surface area contributed by atoms with Gasteiger partial charge in [-0.2, -0.15) is 0 Å². The molecule has 0 atom stereocenters. The number of nitrogens with one attached hydrogen (secondary N) is 2. The molecule has 7 nitrogen and oxygen atoms in total. The number of hydrogen-bond donors (Lipinski definition) is 3. The van der Waals surface area contributed by atoms with E-state index in [0.717, 1.165) is 5.69 Å². The minimum absolute atomic E-state index is 0.0310. The van der Waals surface area contributed by atoms with E-state index in [2.05, 4.69) is 10.6 Å². The SMILES string of the molecule is O=C(O)CCCNC(=O)c1ccc(N2CCNC2=O)cc1.